The Morgan fingerprint density at radius 2 is 1.78 bits per heavy atom. The van der Waals surface area contributed by atoms with Crippen molar-refractivity contribution >= 4 is 34.7 Å². The standard InChI is InChI=1S/C21H17ClN4O/c22-12-13-25-15-16(14-23-25)10-11-20-24-19-9-5-4-8-18(19)21(27)26(20)17-6-2-1-3-7-17/h1-11,14-15H,12-13H2/b11-10+. The van der Waals surface area contributed by atoms with Gasteiger partial charge in [-0.3, -0.25) is 14.0 Å². The molecule has 5 nitrogen and oxygen atoms in total. The Morgan fingerprint density at radius 1 is 1.00 bits per heavy atom. The third-order valence-corrected chi connectivity index (χ3v) is 4.38. The number of benzene rings is 2. The van der Waals surface area contributed by atoms with Gasteiger partial charge in [0.1, 0.15) is 5.82 Å². The van der Waals surface area contributed by atoms with E-state index < -0.39 is 0 Å². The molecule has 4 rings (SSSR count). The maximum absolute atomic E-state index is 13.1. The Bertz CT molecular complexity index is 1160. The highest BCUT2D eigenvalue weighted by molar-refractivity contribution is 6.17. The molecule has 0 unspecified atom stereocenters. The molecule has 0 radical (unpaired) electrons. The van der Waals surface area contributed by atoms with Gasteiger partial charge in [0.05, 0.1) is 29.3 Å². The lowest BCUT2D eigenvalue weighted by molar-refractivity contribution is 0.664. The minimum absolute atomic E-state index is 0.0933. The smallest absolute Gasteiger partial charge is 0.266 e. The highest BCUT2D eigenvalue weighted by atomic mass is 35.5. The molecule has 2 aromatic heterocycles. The van der Waals surface area contributed by atoms with Gasteiger partial charge in [0.15, 0.2) is 0 Å². The van der Waals surface area contributed by atoms with Crippen LogP contribution < -0.4 is 5.56 Å². The number of para-hydroxylation sites is 2. The fourth-order valence-corrected chi connectivity index (χ4v) is 3.11. The first kappa shape index (κ1) is 17.2. The summed E-state index contributed by atoms with van der Waals surface area (Å²) < 4.78 is 3.41. The van der Waals surface area contributed by atoms with Crippen molar-refractivity contribution in [1.82, 2.24) is 19.3 Å². The molecular weight excluding hydrogens is 360 g/mol. The predicted molar refractivity (Wildman–Crippen MR) is 109 cm³/mol. The van der Waals surface area contributed by atoms with E-state index in [1.54, 1.807) is 21.5 Å². The van der Waals surface area contributed by atoms with Gasteiger partial charge < -0.3 is 0 Å². The summed E-state index contributed by atoms with van der Waals surface area (Å²) >= 11 is 5.75. The Kier molecular flexibility index (Phi) is 4.85. The second-order valence-electron chi connectivity index (χ2n) is 6.02. The first-order valence-corrected chi connectivity index (χ1v) is 9.13. The van der Waals surface area contributed by atoms with Gasteiger partial charge in [-0.25, -0.2) is 4.98 Å². The molecule has 0 aliphatic carbocycles. The molecule has 27 heavy (non-hydrogen) atoms. The van der Waals surface area contributed by atoms with Crippen molar-refractivity contribution in [3.63, 3.8) is 0 Å². The first-order chi connectivity index (χ1) is 13.3. The molecular formula is C21H17ClN4O. The zero-order valence-electron chi connectivity index (χ0n) is 14.5. The second kappa shape index (κ2) is 7.60. The highest BCUT2D eigenvalue weighted by Gasteiger charge is 2.10. The summed E-state index contributed by atoms with van der Waals surface area (Å²) in [6.45, 7) is 0.651. The number of rotatable bonds is 5. The van der Waals surface area contributed by atoms with E-state index in [1.807, 2.05) is 66.9 Å². The normalized spacial score (nSPS) is 11.4. The van der Waals surface area contributed by atoms with Crippen LogP contribution in [0.5, 0.6) is 0 Å². The summed E-state index contributed by atoms with van der Waals surface area (Å²) in [5.41, 5.74) is 2.27. The van der Waals surface area contributed by atoms with Gasteiger partial charge in [0, 0.05) is 17.6 Å². The first-order valence-electron chi connectivity index (χ1n) is 8.60. The summed E-state index contributed by atoms with van der Waals surface area (Å²) in [4.78, 5) is 17.8. The van der Waals surface area contributed by atoms with Gasteiger partial charge in [0.2, 0.25) is 0 Å². The summed E-state index contributed by atoms with van der Waals surface area (Å²) in [7, 11) is 0. The molecule has 0 spiro atoms. The third kappa shape index (κ3) is 3.55. The fourth-order valence-electron chi connectivity index (χ4n) is 2.93. The maximum Gasteiger partial charge on any atom is 0.266 e. The number of halogens is 1. The van der Waals surface area contributed by atoms with Gasteiger partial charge in [-0.1, -0.05) is 30.3 Å². The van der Waals surface area contributed by atoms with Crippen molar-refractivity contribution in [3.8, 4) is 5.69 Å². The van der Waals surface area contributed by atoms with Gasteiger partial charge in [-0.05, 0) is 36.4 Å². The number of hydrogen-bond acceptors (Lipinski definition) is 3. The average Bonchev–Trinajstić information content (AvgIpc) is 3.15. The van der Waals surface area contributed by atoms with E-state index in [-0.39, 0.29) is 5.56 Å². The van der Waals surface area contributed by atoms with Crippen molar-refractivity contribution in [3.05, 3.63) is 88.7 Å². The SMILES string of the molecule is O=c1c2ccccc2nc(/C=C/c2cnn(CCCl)c2)n1-c1ccccc1. The van der Waals surface area contributed by atoms with Crippen LogP contribution in [0.25, 0.3) is 28.7 Å². The molecule has 0 aliphatic rings. The number of hydrogen-bond donors (Lipinski definition) is 0. The number of nitrogens with zero attached hydrogens (tertiary/aromatic N) is 4. The van der Waals surface area contributed by atoms with Crippen LogP contribution in [-0.2, 0) is 6.54 Å². The predicted octanol–water partition coefficient (Wildman–Crippen LogP) is 3.99. The van der Waals surface area contributed by atoms with E-state index >= 15 is 0 Å². The zero-order valence-corrected chi connectivity index (χ0v) is 15.3. The van der Waals surface area contributed by atoms with Crippen LogP contribution in [0.15, 0.2) is 71.8 Å². The highest BCUT2D eigenvalue weighted by Crippen LogP contribution is 2.15. The molecule has 6 heteroatoms. The molecule has 134 valence electrons. The van der Waals surface area contributed by atoms with Crippen LogP contribution in [0.4, 0.5) is 0 Å². The largest absolute Gasteiger partial charge is 0.271 e. The van der Waals surface area contributed by atoms with Gasteiger partial charge in [-0.2, -0.15) is 5.10 Å². The molecule has 0 saturated carbocycles. The third-order valence-electron chi connectivity index (χ3n) is 4.21. The Labute approximate surface area is 161 Å². The van der Waals surface area contributed by atoms with Gasteiger partial charge in [0.25, 0.3) is 5.56 Å². The molecule has 0 fully saturated rings. The lowest BCUT2D eigenvalue weighted by Gasteiger charge is -2.11. The van der Waals surface area contributed by atoms with E-state index in [0.29, 0.717) is 29.2 Å². The summed E-state index contributed by atoms with van der Waals surface area (Å²) in [6, 6.07) is 16.9. The van der Waals surface area contributed by atoms with Crippen molar-refractivity contribution in [2.75, 3.05) is 5.88 Å². The molecule has 0 saturated heterocycles. The number of aromatic nitrogens is 4. The number of aryl methyl sites for hydroxylation is 1. The minimum Gasteiger partial charge on any atom is -0.271 e. The summed E-state index contributed by atoms with van der Waals surface area (Å²) in [5, 5.41) is 4.85. The lowest BCUT2D eigenvalue weighted by Crippen LogP contribution is -2.22. The van der Waals surface area contributed by atoms with E-state index in [0.717, 1.165) is 11.3 Å². The Balaban J connectivity index is 1.85. The molecule has 2 aromatic carbocycles. The van der Waals surface area contributed by atoms with Gasteiger partial charge in [-0.15, -0.1) is 11.6 Å². The van der Waals surface area contributed by atoms with Gasteiger partial charge >= 0.3 is 0 Å². The summed E-state index contributed by atoms with van der Waals surface area (Å²) in [6.07, 6.45) is 7.40. The monoisotopic (exact) mass is 376 g/mol. The fraction of sp³-hybridized carbons (Fsp3) is 0.0952. The minimum atomic E-state index is -0.0933. The second-order valence-corrected chi connectivity index (χ2v) is 6.40. The average molecular weight is 377 g/mol. The van der Waals surface area contributed by atoms with Crippen molar-refractivity contribution in [2.24, 2.45) is 0 Å². The molecule has 0 amide bonds. The van der Waals surface area contributed by atoms with E-state index in [2.05, 4.69) is 5.10 Å². The lowest BCUT2D eigenvalue weighted by atomic mass is 10.2. The zero-order chi connectivity index (χ0) is 18.6. The molecule has 0 bridgehead atoms. The van der Waals surface area contributed by atoms with Crippen LogP contribution in [-0.4, -0.2) is 25.2 Å². The van der Waals surface area contributed by atoms with Crippen molar-refractivity contribution < 1.29 is 0 Å². The van der Waals surface area contributed by atoms with E-state index in [9.17, 15) is 4.79 Å². The van der Waals surface area contributed by atoms with Crippen LogP contribution in [0.1, 0.15) is 11.4 Å². The Morgan fingerprint density at radius 3 is 2.59 bits per heavy atom. The van der Waals surface area contributed by atoms with Crippen LogP contribution in [0.3, 0.4) is 0 Å². The summed E-state index contributed by atoms with van der Waals surface area (Å²) in [5.74, 6) is 1.07. The number of alkyl halides is 1. The van der Waals surface area contributed by atoms with Crippen molar-refractivity contribution in [2.45, 2.75) is 6.54 Å². The van der Waals surface area contributed by atoms with Crippen LogP contribution >= 0.6 is 11.6 Å². The Hall–Kier alpha value is -3.18. The van der Waals surface area contributed by atoms with Crippen LogP contribution in [0, 0.1) is 0 Å². The molecule has 0 N–H and O–H groups in total. The van der Waals surface area contributed by atoms with E-state index in [1.165, 1.54) is 0 Å². The van der Waals surface area contributed by atoms with Crippen LogP contribution in [0.2, 0.25) is 0 Å². The molecule has 2 heterocycles. The number of fused-ring (bicyclic) bond motifs is 1. The van der Waals surface area contributed by atoms with Crippen molar-refractivity contribution in [1.29, 1.82) is 0 Å². The van der Waals surface area contributed by atoms with E-state index in [4.69, 9.17) is 16.6 Å². The molecule has 0 aliphatic heterocycles. The topological polar surface area (TPSA) is 52.7 Å². The maximum atomic E-state index is 13.1. The quantitative estimate of drug-likeness (QED) is 0.495. The molecule has 0 atom stereocenters. The molecule has 4 aromatic rings.